The maximum Gasteiger partial charge on any atom is 0.310 e. The van der Waals surface area contributed by atoms with Crippen LogP contribution in [-0.4, -0.2) is 22.6 Å². The predicted octanol–water partition coefficient (Wildman–Crippen LogP) is 3.05. The van der Waals surface area contributed by atoms with Crippen LogP contribution in [0.3, 0.4) is 0 Å². The van der Waals surface area contributed by atoms with Crippen molar-refractivity contribution in [2.24, 2.45) is 10.8 Å². The Balaban J connectivity index is 2.85. The molecule has 0 aromatic heterocycles. The molecule has 0 radical (unpaired) electrons. The van der Waals surface area contributed by atoms with Crippen LogP contribution in [0.25, 0.3) is 0 Å². The highest BCUT2D eigenvalue weighted by Gasteiger charge is 2.70. The largest absolute Gasteiger partial charge is 0.481 e. The van der Waals surface area contributed by atoms with Crippen LogP contribution in [0.2, 0.25) is 0 Å². The monoisotopic (exact) mass is 244 g/mol. The smallest absolute Gasteiger partial charge is 0.310 e. The van der Waals surface area contributed by atoms with E-state index in [4.69, 9.17) is 16.7 Å². The number of carboxylic acids is 1. The minimum atomic E-state index is -3.38. The van der Waals surface area contributed by atoms with Crippen LogP contribution in [0.15, 0.2) is 0 Å². The van der Waals surface area contributed by atoms with Gasteiger partial charge in [-0.3, -0.25) is 4.79 Å². The summed E-state index contributed by atoms with van der Waals surface area (Å²) in [5.74, 6) is -1.27. The quantitative estimate of drug-likeness (QED) is 0.772. The summed E-state index contributed by atoms with van der Waals surface area (Å²) in [5.41, 5.74) is -2.14. The first-order valence-electron chi connectivity index (χ1n) is 4.45. The van der Waals surface area contributed by atoms with Crippen LogP contribution in [0.4, 0.5) is 13.2 Å². The van der Waals surface area contributed by atoms with E-state index in [1.165, 1.54) is 0 Å². The SMILES string of the molecule is CC1(C)CC1(CC(F)(Cl)C(F)F)C(=O)O. The van der Waals surface area contributed by atoms with Gasteiger partial charge in [0.2, 0.25) is 5.13 Å². The molecule has 0 aliphatic heterocycles. The molecule has 1 fully saturated rings. The van der Waals surface area contributed by atoms with Gasteiger partial charge in [-0.15, -0.1) is 0 Å². The first-order valence-corrected chi connectivity index (χ1v) is 4.82. The lowest BCUT2D eigenvalue weighted by molar-refractivity contribution is -0.147. The summed E-state index contributed by atoms with van der Waals surface area (Å²) in [6, 6.07) is 0. The van der Waals surface area contributed by atoms with Crippen molar-refractivity contribution in [1.82, 2.24) is 0 Å². The van der Waals surface area contributed by atoms with Gasteiger partial charge < -0.3 is 5.11 Å². The molecular formula is C9H12ClF3O2. The van der Waals surface area contributed by atoms with Gasteiger partial charge in [0, 0.05) is 6.42 Å². The molecule has 1 aliphatic rings. The molecule has 0 heterocycles. The molecule has 2 nitrogen and oxygen atoms in total. The summed E-state index contributed by atoms with van der Waals surface area (Å²) in [6.07, 6.45) is -4.08. The molecule has 1 aliphatic carbocycles. The van der Waals surface area contributed by atoms with E-state index in [-0.39, 0.29) is 6.42 Å². The Hall–Kier alpha value is -0.450. The first-order chi connectivity index (χ1) is 6.55. The van der Waals surface area contributed by atoms with Crippen molar-refractivity contribution in [3.8, 4) is 0 Å². The number of carbonyl (C=O) groups is 1. The zero-order chi connectivity index (χ0) is 12.1. The molecule has 0 aromatic rings. The van der Waals surface area contributed by atoms with Crippen LogP contribution < -0.4 is 0 Å². The number of alkyl halides is 4. The van der Waals surface area contributed by atoms with Crippen molar-refractivity contribution < 1.29 is 23.1 Å². The van der Waals surface area contributed by atoms with Gasteiger partial charge in [0.1, 0.15) is 0 Å². The second-order valence-corrected chi connectivity index (χ2v) is 5.31. The average molecular weight is 245 g/mol. The molecule has 6 heteroatoms. The third kappa shape index (κ3) is 1.94. The Labute approximate surface area is 90.4 Å². The summed E-state index contributed by atoms with van der Waals surface area (Å²) in [6.45, 7) is 3.19. The minimum absolute atomic E-state index is 0.167. The number of hydrogen-bond acceptors (Lipinski definition) is 1. The van der Waals surface area contributed by atoms with Crippen molar-refractivity contribution >= 4 is 17.6 Å². The van der Waals surface area contributed by atoms with Crippen LogP contribution in [0.1, 0.15) is 26.7 Å². The Morgan fingerprint density at radius 2 is 2.00 bits per heavy atom. The van der Waals surface area contributed by atoms with E-state index in [0.29, 0.717) is 0 Å². The van der Waals surface area contributed by atoms with Crippen molar-refractivity contribution in [3.05, 3.63) is 0 Å². The lowest BCUT2D eigenvalue weighted by atomic mass is 9.90. The van der Waals surface area contributed by atoms with E-state index in [1.54, 1.807) is 13.8 Å². The van der Waals surface area contributed by atoms with Gasteiger partial charge in [-0.1, -0.05) is 25.4 Å². The van der Waals surface area contributed by atoms with Gasteiger partial charge in [0.25, 0.3) is 6.43 Å². The van der Waals surface area contributed by atoms with Crippen LogP contribution in [0.5, 0.6) is 0 Å². The summed E-state index contributed by atoms with van der Waals surface area (Å²) in [7, 11) is 0. The summed E-state index contributed by atoms with van der Waals surface area (Å²) < 4.78 is 37.6. The summed E-state index contributed by atoms with van der Waals surface area (Å²) in [4.78, 5) is 10.9. The van der Waals surface area contributed by atoms with E-state index in [1.807, 2.05) is 0 Å². The fourth-order valence-electron chi connectivity index (χ4n) is 1.93. The Morgan fingerprint density at radius 3 is 2.20 bits per heavy atom. The van der Waals surface area contributed by atoms with E-state index >= 15 is 0 Å². The average Bonchev–Trinajstić information content (AvgIpc) is 2.52. The molecule has 88 valence electrons. The standard InChI is InChI=1S/C9H12ClF3O2/c1-7(2)3-8(7,6(14)15)4-9(10,13)5(11)12/h5H,3-4H2,1-2H3,(H,14,15). The fraction of sp³-hybridized carbons (Fsp3) is 0.889. The van der Waals surface area contributed by atoms with Crippen LogP contribution in [0, 0.1) is 10.8 Å². The number of hydrogen-bond donors (Lipinski definition) is 1. The van der Waals surface area contributed by atoms with Crippen molar-refractivity contribution in [2.75, 3.05) is 0 Å². The topological polar surface area (TPSA) is 37.3 Å². The van der Waals surface area contributed by atoms with Crippen LogP contribution in [-0.2, 0) is 4.79 Å². The van der Waals surface area contributed by atoms with Crippen molar-refractivity contribution in [2.45, 2.75) is 38.2 Å². The lowest BCUT2D eigenvalue weighted by Gasteiger charge is -2.23. The Morgan fingerprint density at radius 1 is 1.60 bits per heavy atom. The lowest BCUT2D eigenvalue weighted by Crippen LogP contribution is -2.34. The highest BCUT2D eigenvalue weighted by molar-refractivity contribution is 6.23. The zero-order valence-electron chi connectivity index (χ0n) is 8.36. The van der Waals surface area contributed by atoms with Crippen LogP contribution >= 0.6 is 11.6 Å². The number of rotatable bonds is 4. The van der Waals surface area contributed by atoms with E-state index in [9.17, 15) is 18.0 Å². The second-order valence-electron chi connectivity index (χ2n) is 4.69. The van der Waals surface area contributed by atoms with E-state index in [2.05, 4.69) is 0 Å². The highest BCUT2D eigenvalue weighted by atomic mass is 35.5. The maximum absolute atomic E-state index is 13.2. The van der Waals surface area contributed by atoms with E-state index in [0.717, 1.165) is 0 Å². The number of halogens is 4. The maximum atomic E-state index is 13.2. The molecule has 0 aromatic carbocycles. The van der Waals surface area contributed by atoms with E-state index < -0.39 is 34.8 Å². The Kier molecular flexibility index (Phi) is 2.75. The fourth-order valence-corrected chi connectivity index (χ4v) is 2.16. The normalized spacial score (nSPS) is 32.5. The predicted molar refractivity (Wildman–Crippen MR) is 48.8 cm³/mol. The molecule has 15 heavy (non-hydrogen) atoms. The van der Waals surface area contributed by atoms with Gasteiger partial charge in [-0.25, -0.2) is 13.2 Å². The van der Waals surface area contributed by atoms with Gasteiger partial charge in [-0.05, 0) is 11.8 Å². The zero-order valence-corrected chi connectivity index (χ0v) is 9.11. The van der Waals surface area contributed by atoms with Gasteiger partial charge >= 0.3 is 5.97 Å². The Bertz CT molecular complexity index is 291. The number of carboxylic acid groups (broad SMARTS) is 1. The van der Waals surface area contributed by atoms with Crippen molar-refractivity contribution in [1.29, 1.82) is 0 Å². The molecule has 0 amide bonds. The molecule has 0 bridgehead atoms. The minimum Gasteiger partial charge on any atom is -0.481 e. The third-order valence-electron chi connectivity index (χ3n) is 3.18. The van der Waals surface area contributed by atoms with Crippen molar-refractivity contribution in [3.63, 3.8) is 0 Å². The number of aliphatic carboxylic acids is 1. The molecule has 1 saturated carbocycles. The second kappa shape index (κ2) is 3.27. The van der Waals surface area contributed by atoms with Gasteiger partial charge in [0.05, 0.1) is 5.41 Å². The summed E-state index contributed by atoms with van der Waals surface area (Å²) >= 11 is 4.99. The van der Waals surface area contributed by atoms with Gasteiger partial charge in [0.15, 0.2) is 0 Å². The van der Waals surface area contributed by atoms with Gasteiger partial charge in [-0.2, -0.15) is 0 Å². The highest BCUT2D eigenvalue weighted by Crippen LogP contribution is 2.68. The molecule has 1 rings (SSSR count). The molecule has 0 spiro atoms. The molecule has 2 unspecified atom stereocenters. The first kappa shape index (κ1) is 12.6. The molecular weight excluding hydrogens is 233 g/mol. The third-order valence-corrected chi connectivity index (χ3v) is 3.48. The molecule has 2 atom stereocenters. The summed E-state index contributed by atoms with van der Waals surface area (Å²) in [5, 5.41) is 5.66. The molecule has 0 saturated heterocycles. The molecule has 1 N–H and O–H groups in total.